The van der Waals surface area contributed by atoms with Crippen LogP contribution in [0.15, 0.2) is 12.4 Å². The molecular formula is C13H20N4O3. The minimum atomic E-state index is -0.854. The van der Waals surface area contributed by atoms with Gasteiger partial charge in [-0.05, 0) is 19.3 Å². The average Bonchev–Trinajstić information content (AvgIpc) is 3.04. The molecule has 0 aromatic carbocycles. The molecule has 0 bridgehead atoms. The normalized spacial score (nSPS) is 18.2. The Morgan fingerprint density at radius 2 is 2.40 bits per heavy atom. The fraction of sp³-hybridized carbons (Fsp3) is 0.615. The Bertz CT molecular complexity index is 446. The van der Waals surface area contributed by atoms with Gasteiger partial charge in [0, 0.05) is 37.9 Å². The first kappa shape index (κ1) is 14.4. The SMILES string of the molecule is O=C(O)CC1CCCN1C(=O)NCCCc1ncc[nH]1. The molecule has 0 aliphatic carbocycles. The molecule has 20 heavy (non-hydrogen) atoms. The van der Waals surface area contributed by atoms with Crippen LogP contribution in [-0.4, -0.2) is 51.1 Å². The molecule has 1 aromatic heterocycles. The van der Waals surface area contributed by atoms with E-state index in [0.29, 0.717) is 13.1 Å². The van der Waals surface area contributed by atoms with Crippen LogP contribution in [0.4, 0.5) is 4.79 Å². The Balaban J connectivity index is 1.69. The number of aromatic amines is 1. The van der Waals surface area contributed by atoms with E-state index in [1.165, 1.54) is 0 Å². The van der Waals surface area contributed by atoms with Crippen LogP contribution < -0.4 is 5.32 Å². The van der Waals surface area contributed by atoms with Gasteiger partial charge in [0.2, 0.25) is 0 Å². The van der Waals surface area contributed by atoms with Crippen molar-refractivity contribution in [3.05, 3.63) is 18.2 Å². The summed E-state index contributed by atoms with van der Waals surface area (Å²) in [6, 6.07) is -0.328. The van der Waals surface area contributed by atoms with Gasteiger partial charge in [-0.2, -0.15) is 0 Å². The number of imidazole rings is 1. The Labute approximate surface area is 117 Å². The lowest BCUT2D eigenvalue weighted by atomic mass is 10.1. The lowest BCUT2D eigenvalue weighted by Crippen LogP contribution is -2.43. The molecule has 7 heteroatoms. The molecule has 1 aliphatic heterocycles. The van der Waals surface area contributed by atoms with Crippen LogP contribution in [0, 0.1) is 0 Å². The van der Waals surface area contributed by atoms with Crippen LogP contribution in [0.5, 0.6) is 0 Å². The van der Waals surface area contributed by atoms with Crippen molar-refractivity contribution in [3.8, 4) is 0 Å². The zero-order valence-electron chi connectivity index (χ0n) is 11.3. The minimum Gasteiger partial charge on any atom is -0.481 e. The number of carboxylic acids is 1. The number of carboxylic acid groups (broad SMARTS) is 1. The van der Waals surface area contributed by atoms with Crippen molar-refractivity contribution in [1.82, 2.24) is 20.2 Å². The summed E-state index contributed by atoms with van der Waals surface area (Å²) in [6.07, 6.45) is 6.73. The summed E-state index contributed by atoms with van der Waals surface area (Å²) < 4.78 is 0. The van der Waals surface area contributed by atoms with E-state index in [2.05, 4.69) is 15.3 Å². The molecule has 1 aromatic rings. The highest BCUT2D eigenvalue weighted by Crippen LogP contribution is 2.19. The number of nitrogens with zero attached hydrogens (tertiary/aromatic N) is 2. The van der Waals surface area contributed by atoms with Gasteiger partial charge >= 0.3 is 12.0 Å². The minimum absolute atomic E-state index is 0.0276. The van der Waals surface area contributed by atoms with Crippen molar-refractivity contribution < 1.29 is 14.7 Å². The largest absolute Gasteiger partial charge is 0.481 e. The second-order valence-electron chi connectivity index (χ2n) is 4.96. The lowest BCUT2D eigenvalue weighted by molar-refractivity contribution is -0.137. The van der Waals surface area contributed by atoms with Gasteiger partial charge in [0.25, 0.3) is 0 Å². The molecule has 0 spiro atoms. The molecule has 3 N–H and O–H groups in total. The highest BCUT2D eigenvalue weighted by molar-refractivity contribution is 5.76. The number of carbonyl (C=O) groups excluding carboxylic acids is 1. The molecule has 1 saturated heterocycles. The number of hydrogen-bond donors (Lipinski definition) is 3. The van der Waals surface area contributed by atoms with Gasteiger partial charge < -0.3 is 20.3 Å². The van der Waals surface area contributed by atoms with E-state index in [0.717, 1.165) is 31.5 Å². The number of amides is 2. The summed E-state index contributed by atoms with van der Waals surface area (Å²) in [7, 11) is 0. The number of carbonyl (C=O) groups is 2. The maximum absolute atomic E-state index is 12.0. The third kappa shape index (κ3) is 3.97. The van der Waals surface area contributed by atoms with Crippen LogP contribution in [0.3, 0.4) is 0 Å². The number of nitrogens with one attached hydrogen (secondary N) is 2. The number of aromatic nitrogens is 2. The van der Waals surface area contributed by atoms with Crippen molar-refractivity contribution in [2.45, 2.75) is 38.1 Å². The van der Waals surface area contributed by atoms with Crippen molar-refractivity contribution in [1.29, 1.82) is 0 Å². The van der Waals surface area contributed by atoms with E-state index in [-0.39, 0.29) is 18.5 Å². The van der Waals surface area contributed by atoms with Gasteiger partial charge in [0.05, 0.1) is 6.42 Å². The van der Waals surface area contributed by atoms with E-state index >= 15 is 0 Å². The van der Waals surface area contributed by atoms with E-state index in [1.807, 2.05) is 0 Å². The first-order valence-electron chi connectivity index (χ1n) is 6.91. The summed E-state index contributed by atoms with van der Waals surface area (Å²) in [5.41, 5.74) is 0. The maximum Gasteiger partial charge on any atom is 0.317 e. The summed E-state index contributed by atoms with van der Waals surface area (Å²) in [5, 5.41) is 11.7. The smallest absolute Gasteiger partial charge is 0.317 e. The van der Waals surface area contributed by atoms with Gasteiger partial charge in [-0.25, -0.2) is 9.78 Å². The number of urea groups is 1. The fourth-order valence-electron chi connectivity index (χ4n) is 2.50. The van der Waals surface area contributed by atoms with Crippen molar-refractivity contribution in [2.24, 2.45) is 0 Å². The summed E-state index contributed by atoms with van der Waals surface area (Å²) in [6.45, 7) is 1.21. The molecule has 110 valence electrons. The van der Waals surface area contributed by atoms with Crippen LogP contribution >= 0.6 is 0 Å². The molecule has 2 heterocycles. The third-order valence-electron chi connectivity index (χ3n) is 3.47. The van der Waals surface area contributed by atoms with Gasteiger partial charge in [-0.15, -0.1) is 0 Å². The van der Waals surface area contributed by atoms with Crippen LogP contribution in [0.1, 0.15) is 31.5 Å². The second-order valence-corrected chi connectivity index (χ2v) is 4.96. The Kier molecular flexibility index (Phi) is 4.97. The molecule has 1 unspecified atom stereocenters. The number of aliphatic carboxylic acids is 1. The highest BCUT2D eigenvalue weighted by Gasteiger charge is 2.29. The molecular weight excluding hydrogens is 260 g/mol. The number of hydrogen-bond acceptors (Lipinski definition) is 3. The summed E-state index contributed by atoms with van der Waals surface area (Å²) in [5.74, 6) is 0.0525. The van der Waals surface area contributed by atoms with Gasteiger partial charge in [0.1, 0.15) is 5.82 Å². The molecule has 2 amide bonds. The standard InChI is InChI=1S/C13H20N4O3/c18-12(19)9-10-3-2-8-17(10)13(20)16-5-1-4-11-14-6-7-15-11/h6-7,10H,1-5,8-9H2,(H,14,15)(H,16,20)(H,18,19). The molecule has 1 atom stereocenters. The van der Waals surface area contributed by atoms with Crippen LogP contribution in [0.2, 0.25) is 0 Å². The van der Waals surface area contributed by atoms with Crippen LogP contribution in [0.25, 0.3) is 0 Å². The maximum atomic E-state index is 12.0. The Hall–Kier alpha value is -2.05. The number of aryl methyl sites for hydroxylation is 1. The summed E-state index contributed by atoms with van der Waals surface area (Å²) >= 11 is 0. The Morgan fingerprint density at radius 3 is 3.10 bits per heavy atom. The average molecular weight is 280 g/mol. The predicted octanol–water partition coefficient (Wildman–Crippen LogP) is 0.991. The third-order valence-corrected chi connectivity index (χ3v) is 3.47. The fourth-order valence-corrected chi connectivity index (χ4v) is 2.50. The van der Waals surface area contributed by atoms with Crippen LogP contribution in [-0.2, 0) is 11.2 Å². The summed E-state index contributed by atoms with van der Waals surface area (Å²) in [4.78, 5) is 31.5. The lowest BCUT2D eigenvalue weighted by Gasteiger charge is -2.23. The zero-order valence-corrected chi connectivity index (χ0v) is 11.3. The topological polar surface area (TPSA) is 98.3 Å². The number of likely N-dealkylation sites (tertiary alicyclic amines) is 1. The molecule has 2 rings (SSSR count). The molecule has 1 fully saturated rings. The van der Waals surface area contributed by atoms with E-state index in [9.17, 15) is 9.59 Å². The Morgan fingerprint density at radius 1 is 1.55 bits per heavy atom. The quantitative estimate of drug-likeness (QED) is 0.677. The first-order valence-corrected chi connectivity index (χ1v) is 6.91. The zero-order chi connectivity index (χ0) is 14.4. The predicted molar refractivity (Wildman–Crippen MR) is 72.3 cm³/mol. The van der Waals surface area contributed by atoms with Gasteiger partial charge in [-0.3, -0.25) is 4.79 Å². The van der Waals surface area contributed by atoms with Gasteiger partial charge in [-0.1, -0.05) is 0 Å². The monoisotopic (exact) mass is 280 g/mol. The first-order chi connectivity index (χ1) is 9.66. The highest BCUT2D eigenvalue weighted by atomic mass is 16.4. The van der Waals surface area contributed by atoms with Crippen molar-refractivity contribution in [2.75, 3.05) is 13.1 Å². The van der Waals surface area contributed by atoms with E-state index in [1.54, 1.807) is 17.3 Å². The van der Waals surface area contributed by atoms with E-state index in [4.69, 9.17) is 5.11 Å². The van der Waals surface area contributed by atoms with E-state index < -0.39 is 5.97 Å². The number of H-pyrrole nitrogens is 1. The molecule has 1 aliphatic rings. The molecule has 7 nitrogen and oxygen atoms in total. The van der Waals surface area contributed by atoms with Crippen molar-refractivity contribution in [3.63, 3.8) is 0 Å². The number of rotatable bonds is 6. The van der Waals surface area contributed by atoms with Gasteiger partial charge in [0.15, 0.2) is 0 Å². The molecule has 0 saturated carbocycles. The second kappa shape index (κ2) is 6.93. The van der Waals surface area contributed by atoms with Crippen molar-refractivity contribution >= 4 is 12.0 Å². The molecule has 0 radical (unpaired) electrons.